The number of rotatable bonds is 4. The van der Waals surface area contributed by atoms with E-state index in [9.17, 15) is 4.79 Å². The van der Waals surface area contributed by atoms with Crippen LogP contribution in [-0.4, -0.2) is 47.8 Å². The molecule has 2 rings (SSSR count). The second-order valence-corrected chi connectivity index (χ2v) is 8.07. The summed E-state index contributed by atoms with van der Waals surface area (Å²) in [6.45, 7) is 2.83. The largest absolute Gasteiger partial charge is 0.469 e. The second-order valence-electron chi connectivity index (χ2n) is 5.52. The van der Waals surface area contributed by atoms with E-state index in [1.807, 2.05) is 30.4 Å². The molecular formula is C14H24O3S2. The van der Waals surface area contributed by atoms with Gasteiger partial charge in [0.15, 0.2) is 0 Å². The Morgan fingerprint density at radius 3 is 2.95 bits per heavy atom. The highest BCUT2D eigenvalue weighted by atomic mass is 32.2. The van der Waals surface area contributed by atoms with Gasteiger partial charge in [-0.2, -0.15) is 23.5 Å². The Kier molecular flexibility index (Phi) is 5.90. The molecule has 0 radical (unpaired) electrons. The molecule has 19 heavy (non-hydrogen) atoms. The standard InChI is InChI=1S/C14H24O3S2/c1-11(13(15)16-2)10-19-12-3-6-17-14(9-12)4-7-18-8-5-14/h11-12H,3-10H2,1-2H3. The zero-order valence-electron chi connectivity index (χ0n) is 11.9. The summed E-state index contributed by atoms with van der Waals surface area (Å²) >= 11 is 3.97. The van der Waals surface area contributed by atoms with Crippen LogP contribution in [0.25, 0.3) is 0 Å². The van der Waals surface area contributed by atoms with Crippen molar-refractivity contribution in [1.29, 1.82) is 0 Å². The molecule has 3 nitrogen and oxygen atoms in total. The van der Waals surface area contributed by atoms with Crippen molar-refractivity contribution in [3.63, 3.8) is 0 Å². The number of esters is 1. The molecule has 2 unspecified atom stereocenters. The maximum atomic E-state index is 11.4. The molecule has 1 spiro atoms. The predicted octanol–water partition coefficient (Wildman–Crippen LogP) is 2.97. The fourth-order valence-electron chi connectivity index (χ4n) is 2.77. The van der Waals surface area contributed by atoms with Gasteiger partial charge < -0.3 is 9.47 Å². The van der Waals surface area contributed by atoms with Gasteiger partial charge in [-0.15, -0.1) is 0 Å². The first-order valence-electron chi connectivity index (χ1n) is 7.06. The summed E-state index contributed by atoms with van der Waals surface area (Å²) in [6, 6.07) is 0. The number of hydrogen-bond acceptors (Lipinski definition) is 5. The van der Waals surface area contributed by atoms with Crippen LogP contribution in [0.1, 0.15) is 32.6 Å². The Balaban J connectivity index is 1.79. The minimum atomic E-state index is -0.0941. The minimum Gasteiger partial charge on any atom is -0.469 e. The van der Waals surface area contributed by atoms with Gasteiger partial charge in [0.1, 0.15) is 0 Å². The molecule has 2 heterocycles. The van der Waals surface area contributed by atoms with E-state index in [1.165, 1.54) is 31.5 Å². The lowest BCUT2D eigenvalue weighted by molar-refractivity contribution is -0.143. The third-order valence-electron chi connectivity index (χ3n) is 4.04. The predicted molar refractivity (Wildman–Crippen MR) is 81.9 cm³/mol. The fraction of sp³-hybridized carbons (Fsp3) is 0.929. The average Bonchev–Trinajstić information content (AvgIpc) is 2.45. The maximum Gasteiger partial charge on any atom is 0.309 e. The van der Waals surface area contributed by atoms with Crippen molar-refractivity contribution in [2.75, 3.05) is 31.0 Å². The molecule has 0 amide bonds. The molecule has 2 fully saturated rings. The highest BCUT2D eigenvalue weighted by molar-refractivity contribution is 8.00. The van der Waals surface area contributed by atoms with Crippen LogP contribution in [0.5, 0.6) is 0 Å². The number of methoxy groups -OCH3 is 1. The van der Waals surface area contributed by atoms with Crippen LogP contribution in [0.2, 0.25) is 0 Å². The molecule has 110 valence electrons. The Bertz CT molecular complexity index is 298. The van der Waals surface area contributed by atoms with Crippen molar-refractivity contribution < 1.29 is 14.3 Å². The molecule has 0 aliphatic carbocycles. The van der Waals surface area contributed by atoms with Gasteiger partial charge in [0.05, 0.1) is 18.6 Å². The Hall–Kier alpha value is 0.130. The molecule has 0 aromatic carbocycles. The third kappa shape index (κ3) is 4.30. The van der Waals surface area contributed by atoms with Crippen molar-refractivity contribution in [3.05, 3.63) is 0 Å². The van der Waals surface area contributed by atoms with Crippen LogP contribution >= 0.6 is 23.5 Å². The highest BCUT2D eigenvalue weighted by Gasteiger charge is 2.38. The van der Waals surface area contributed by atoms with Gasteiger partial charge in [0.25, 0.3) is 0 Å². The van der Waals surface area contributed by atoms with Gasteiger partial charge in [-0.05, 0) is 37.2 Å². The van der Waals surface area contributed by atoms with Crippen molar-refractivity contribution in [1.82, 2.24) is 0 Å². The molecular weight excluding hydrogens is 280 g/mol. The van der Waals surface area contributed by atoms with Crippen LogP contribution < -0.4 is 0 Å². The Morgan fingerprint density at radius 1 is 1.53 bits per heavy atom. The topological polar surface area (TPSA) is 35.5 Å². The summed E-state index contributed by atoms with van der Waals surface area (Å²) in [5, 5.41) is 0.643. The molecule has 0 aromatic heterocycles. The summed E-state index contributed by atoms with van der Waals surface area (Å²) in [4.78, 5) is 11.4. The van der Waals surface area contributed by atoms with E-state index in [0.29, 0.717) is 5.25 Å². The molecule has 2 aliphatic heterocycles. The van der Waals surface area contributed by atoms with E-state index in [0.717, 1.165) is 25.2 Å². The van der Waals surface area contributed by atoms with Gasteiger partial charge in [0, 0.05) is 17.6 Å². The molecule has 2 aliphatic rings. The number of hydrogen-bond donors (Lipinski definition) is 0. The van der Waals surface area contributed by atoms with Crippen LogP contribution in [-0.2, 0) is 14.3 Å². The quantitative estimate of drug-likeness (QED) is 0.746. The van der Waals surface area contributed by atoms with Gasteiger partial charge in [0.2, 0.25) is 0 Å². The lowest BCUT2D eigenvalue weighted by Crippen LogP contribution is -2.43. The lowest BCUT2D eigenvalue weighted by Gasteiger charge is -2.43. The van der Waals surface area contributed by atoms with Gasteiger partial charge in [-0.3, -0.25) is 4.79 Å². The van der Waals surface area contributed by atoms with Crippen LogP contribution in [0.3, 0.4) is 0 Å². The van der Waals surface area contributed by atoms with Gasteiger partial charge in [-0.25, -0.2) is 0 Å². The third-order valence-corrected chi connectivity index (χ3v) is 6.59. The second kappa shape index (κ2) is 7.23. The number of carbonyl (C=O) groups excluding carboxylic acids is 1. The number of ether oxygens (including phenoxy) is 2. The van der Waals surface area contributed by atoms with Crippen molar-refractivity contribution in [2.24, 2.45) is 5.92 Å². The molecule has 2 atom stereocenters. The highest BCUT2D eigenvalue weighted by Crippen LogP contribution is 2.41. The van der Waals surface area contributed by atoms with Crippen LogP contribution in [0.4, 0.5) is 0 Å². The summed E-state index contributed by atoms with van der Waals surface area (Å²) in [7, 11) is 1.46. The van der Waals surface area contributed by atoms with E-state index in [4.69, 9.17) is 9.47 Å². The van der Waals surface area contributed by atoms with E-state index in [1.54, 1.807) is 0 Å². The Labute approximate surface area is 124 Å². The molecule has 2 saturated heterocycles. The maximum absolute atomic E-state index is 11.4. The average molecular weight is 304 g/mol. The van der Waals surface area contributed by atoms with Gasteiger partial charge >= 0.3 is 5.97 Å². The normalized spacial score (nSPS) is 28.0. The van der Waals surface area contributed by atoms with Crippen LogP contribution in [0, 0.1) is 5.92 Å². The summed E-state index contributed by atoms with van der Waals surface area (Å²) in [5.74, 6) is 3.23. The van der Waals surface area contributed by atoms with E-state index in [2.05, 4.69) is 0 Å². The molecule has 0 aromatic rings. The lowest BCUT2D eigenvalue weighted by atomic mass is 9.88. The fourth-order valence-corrected chi connectivity index (χ4v) is 5.38. The zero-order valence-corrected chi connectivity index (χ0v) is 13.5. The Morgan fingerprint density at radius 2 is 2.26 bits per heavy atom. The summed E-state index contributed by atoms with van der Waals surface area (Å²) < 4.78 is 10.9. The molecule has 0 saturated carbocycles. The molecule has 5 heteroatoms. The minimum absolute atomic E-state index is 0.00398. The monoisotopic (exact) mass is 304 g/mol. The first kappa shape index (κ1) is 15.5. The first-order chi connectivity index (χ1) is 9.15. The first-order valence-corrected chi connectivity index (χ1v) is 9.27. The van der Waals surface area contributed by atoms with Crippen molar-refractivity contribution >= 4 is 29.5 Å². The molecule has 0 bridgehead atoms. The number of thioether (sulfide) groups is 2. The number of carbonyl (C=O) groups is 1. The zero-order chi connectivity index (χ0) is 13.7. The van der Waals surface area contributed by atoms with Crippen molar-refractivity contribution in [2.45, 2.75) is 43.5 Å². The SMILES string of the molecule is COC(=O)C(C)CSC1CCOC2(CCSCC2)C1. The molecule has 0 N–H and O–H groups in total. The van der Waals surface area contributed by atoms with Crippen LogP contribution in [0.15, 0.2) is 0 Å². The smallest absolute Gasteiger partial charge is 0.309 e. The van der Waals surface area contributed by atoms with Crippen molar-refractivity contribution in [3.8, 4) is 0 Å². The summed E-state index contributed by atoms with van der Waals surface area (Å²) in [5.41, 5.74) is 0.148. The summed E-state index contributed by atoms with van der Waals surface area (Å²) in [6.07, 6.45) is 4.67. The van der Waals surface area contributed by atoms with E-state index >= 15 is 0 Å². The van der Waals surface area contributed by atoms with Gasteiger partial charge in [-0.1, -0.05) is 6.92 Å². The van der Waals surface area contributed by atoms with E-state index < -0.39 is 0 Å². The van der Waals surface area contributed by atoms with E-state index in [-0.39, 0.29) is 17.5 Å².